The van der Waals surface area contributed by atoms with Crippen molar-refractivity contribution < 1.29 is 0 Å². The van der Waals surface area contributed by atoms with E-state index in [0.717, 1.165) is 39.6 Å². The van der Waals surface area contributed by atoms with E-state index in [1.807, 2.05) is 24.3 Å². The van der Waals surface area contributed by atoms with Gasteiger partial charge in [0.25, 0.3) is 0 Å². The predicted octanol–water partition coefficient (Wildman–Crippen LogP) is 9.40. The molecule has 0 saturated carbocycles. The molecule has 8 aromatic rings. The number of hydrogen-bond acceptors (Lipinski definition) is 3. The molecule has 0 N–H and O–H groups in total. The first-order valence-electron chi connectivity index (χ1n) is 15.3. The Morgan fingerprint density at radius 2 is 1.16 bits per heavy atom. The van der Waals surface area contributed by atoms with Crippen molar-refractivity contribution >= 4 is 21.8 Å². The Bertz CT molecular complexity index is 2360. The minimum absolute atomic E-state index is 0.111. The van der Waals surface area contributed by atoms with Crippen LogP contribution in [-0.4, -0.2) is 24.3 Å². The van der Waals surface area contributed by atoms with Gasteiger partial charge in [0, 0.05) is 27.4 Å². The highest BCUT2D eigenvalue weighted by Crippen LogP contribution is 2.49. The fourth-order valence-corrected chi connectivity index (χ4v) is 7.14. The van der Waals surface area contributed by atoms with Gasteiger partial charge in [-0.25, -0.2) is 4.98 Å². The van der Waals surface area contributed by atoms with Crippen LogP contribution in [0.15, 0.2) is 140 Å². The molecular weight excluding hydrogens is 550 g/mol. The molecule has 0 amide bonds. The van der Waals surface area contributed by atoms with Crippen LogP contribution >= 0.6 is 0 Å². The second-order valence-electron chi connectivity index (χ2n) is 12.2. The quantitative estimate of drug-likeness (QED) is 0.209. The molecule has 3 aromatic heterocycles. The largest absolute Gasteiger partial charge is 0.294 e. The number of aromatic nitrogens is 5. The third-order valence-electron chi connectivity index (χ3n) is 9.29. The lowest BCUT2D eigenvalue weighted by Crippen LogP contribution is -2.15. The zero-order valence-corrected chi connectivity index (χ0v) is 25.0. The Labute approximate surface area is 261 Å². The Hall–Kier alpha value is -5.81. The van der Waals surface area contributed by atoms with Crippen molar-refractivity contribution in [3.05, 3.63) is 151 Å². The van der Waals surface area contributed by atoms with Gasteiger partial charge in [-0.2, -0.15) is 0 Å². The molecule has 0 radical (unpaired) electrons. The first kappa shape index (κ1) is 25.7. The van der Waals surface area contributed by atoms with Crippen molar-refractivity contribution in [2.24, 2.45) is 0 Å². The number of benzene rings is 5. The highest BCUT2D eigenvalue weighted by Gasteiger charge is 2.35. The highest BCUT2D eigenvalue weighted by molar-refractivity contribution is 6.09. The number of rotatable bonds is 4. The Kier molecular flexibility index (Phi) is 5.47. The van der Waals surface area contributed by atoms with Crippen molar-refractivity contribution in [1.82, 2.24) is 24.3 Å². The Morgan fingerprint density at radius 1 is 0.511 bits per heavy atom. The maximum Gasteiger partial charge on any atom is 0.187 e. The van der Waals surface area contributed by atoms with Crippen LogP contribution < -0.4 is 0 Å². The smallest absolute Gasteiger partial charge is 0.187 e. The summed E-state index contributed by atoms with van der Waals surface area (Å²) in [4.78, 5) is 5.23. The van der Waals surface area contributed by atoms with E-state index in [4.69, 9.17) is 15.2 Å². The van der Waals surface area contributed by atoms with Crippen LogP contribution in [0.4, 0.5) is 0 Å². The molecule has 5 aromatic carbocycles. The van der Waals surface area contributed by atoms with Crippen molar-refractivity contribution in [3.8, 4) is 45.5 Å². The average molecular weight is 580 g/mol. The van der Waals surface area contributed by atoms with Crippen molar-refractivity contribution in [3.63, 3.8) is 0 Å². The van der Waals surface area contributed by atoms with Crippen LogP contribution in [-0.2, 0) is 5.41 Å². The van der Waals surface area contributed by atoms with Gasteiger partial charge in [-0.05, 0) is 64.7 Å². The summed E-state index contributed by atoms with van der Waals surface area (Å²) in [6.45, 7) is 4.61. The van der Waals surface area contributed by atoms with Crippen molar-refractivity contribution in [2.75, 3.05) is 0 Å². The number of hydrogen-bond donors (Lipinski definition) is 0. The third kappa shape index (κ3) is 3.77. The molecule has 0 aliphatic heterocycles. The zero-order valence-electron chi connectivity index (χ0n) is 25.0. The Balaban J connectivity index is 1.23. The van der Waals surface area contributed by atoms with Gasteiger partial charge < -0.3 is 0 Å². The van der Waals surface area contributed by atoms with E-state index in [1.165, 1.54) is 33.0 Å². The minimum atomic E-state index is -0.111. The normalized spacial score (nSPS) is 13.3. The molecule has 45 heavy (non-hydrogen) atoms. The van der Waals surface area contributed by atoms with Crippen LogP contribution in [0.5, 0.6) is 0 Å². The van der Waals surface area contributed by atoms with Gasteiger partial charge >= 0.3 is 0 Å². The first-order chi connectivity index (χ1) is 22.1. The standard InChI is InChI=1S/C40H29N5/c1-40(2)32-18-9-6-15-28(32)29-24-23-26(25-33(29)40)38-42-43-39(44(38)27-13-4-3-5-14-27)34-19-12-22-37(41-34)45-35-20-10-7-16-30(35)31-17-8-11-21-36(31)45/h3-25H,1-2H3. The molecule has 214 valence electrons. The van der Waals surface area contributed by atoms with E-state index in [9.17, 15) is 0 Å². The minimum Gasteiger partial charge on any atom is -0.294 e. The van der Waals surface area contributed by atoms with Gasteiger partial charge in [-0.1, -0.05) is 111 Å². The summed E-state index contributed by atoms with van der Waals surface area (Å²) in [5.74, 6) is 2.32. The third-order valence-corrected chi connectivity index (χ3v) is 9.29. The van der Waals surface area contributed by atoms with Crippen LogP contribution in [0, 0.1) is 0 Å². The van der Waals surface area contributed by atoms with Crippen LogP contribution in [0.1, 0.15) is 25.0 Å². The monoisotopic (exact) mass is 579 g/mol. The molecular formula is C40H29N5. The molecule has 0 fully saturated rings. The first-order valence-corrected chi connectivity index (χ1v) is 15.3. The highest BCUT2D eigenvalue weighted by atomic mass is 15.3. The van der Waals surface area contributed by atoms with E-state index < -0.39 is 0 Å². The molecule has 0 atom stereocenters. The molecule has 0 unspecified atom stereocenters. The molecule has 5 nitrogen and oxygen atoms in total. The molecule has 0 spiro atoms. The summed E-state index contributed by atoms with van der Waals surface area (Å²) >= 11 is 0. The predicted molar refractivity (Wildman–Crippen MR) is 182 cm³/mol. The fourth-order valence-electron chi connectivity index (χ4n) is 7.14. The van der Waals surface area contributed by atoms with E-state index >= 15 is 0 Å². The zero-order chi connectivity index (χ0) is 30.1. The maximum absolute atomic E-state index is 5.23. The summed E-state index contributed by atoms with van der Waals surface area (Å²) in [5, 5.41) is 12.0. The van der Waals surface area contributed by atoms with Gasteiger partial charge in [0.15, 0.2) is 11.6 Å². The summed E-state index contributed by atoms with van der Waals surface area (Å²) in [6.07, 6.45) is 0. The molecule has 0 bridgehead atoms. The van der Waals surface area contributed by atoms with Crippen molar-refractivity contribution in [2.45, 2.75) is 19.3 Å². The number of nitrogens with zero attached hydrogens (tertiary/aromatic N) is 5. The second-order valence-corrected chi connectivity index (χ2v) is 12.2. The van der Waals surface area contributed by atoms with E-state index in [0.29, 0.717) is 5.82 Å². The second kappa shape index (κ2) is 9.60. The van der Waals surface area contributed by atoms with E-state index in [1.54, 1.807) is 0 Å². The maximum atomic E-state index is 5.23. The summed E-state index contributed by atoms with van der Waals surface area (Å²) in [5.41, 5.74) is 10.1. The molecule has 0 saturated heterocycles. The summed E-state index contributed by atoms with van der Waals surface area (Å²) < 4.78 is 4.37. The SMILES string of the molecule is CC1(C)c2ccccc2-c2ccc(-c3nnc(-c4cccc(-n5c6ccccc6c6ccccc65)n4)n3-c3ccccc3)cc21. The summed E-state index contributed by atoms with van der Waals surface area (Å²) in [6, 6.07) is 48.9. The van der Waals surface area contributed by atoms with E-state index in [2.05, 4.69) is 138 Å². The van der Waals surface area contributed by atoms with Crippen molar-refractivity contribution in [1.29, 1.82) is 0 Å². The lowest BCUT2D eigenvalue weighted by atomic mass is 9.82. The fraction of sp³-hybridized carbons (Fsp3) is 0.0750. The van der Waals surface area contributed by atoms with Crippen LogP contribution in [0.3, 0.4) is 0 Å². The number of pyridine rings is 1. The lowest BCUT2D eigenvalue weighted by molar-refractivity contribution is 0.660. The molecule has 3 heterocycles. The average Bonchev–Trinajstić information content (AvgIpc) is 3.75. The topological polar surface area (TPSA) is 48.5 Å². The van der Waals surface area contributed by atoms with Gasteiger partial charge in [0.2, 0.25) is 0 Å². The van der Waals surface area contributed by atoms with E-state index in [-0.39, 0.29) is 5.41 Å². The van der Waals surface area contributed by atoms with Gasteiger partial charge in [0.05, 0.1) is 11.0 Å². The lowest BCUT2D eigenvalue weighted by Gasteiger charge is -2.22. The van der Waals surface area contributed by atoms with Gasteiger partial charge in [-0.15, -0.1) is 10.2 Å². The molecule has 9 rings (SSSR count). The molecule has 1 aliphatic carbocycles. The molecule has 5 heteroatoms. The van der Waals surface area contributed by atoms with Gasteiger partial charge in [0.1, 0.15) is 11.5 Å². The molecule has 1 aliphatic rings. The van der Waals surface area contributed by atoms with Crippen LogP contribution in [0.2, 0.25) is 0 Å². The van der Waals surface area contributed by atoms with Gasteiger partial charge in [-0.3, -0.25) is 9.13 Å². The Morgan fingerprint density at radius 3 is 1.93 bits per heavy atom. The summed E-state index contributed by atoms with van der Waals surface area (Å²) in [7, 11) is 0. The number of fused-ring (bicyclic) bond motifs is 6. The van der Waals surface area contributed by atoms with Crippen LogP contribution in [0.25, 0.3) is 67.3 Å². The number of para-hydroxylation sites is 3.